The fourth-order valence-corrected chi connectivity index (χ4v) is 4.59. The predicted octanol–water partition coefficient (Wildman–Crippen LogP) is 6.84. The van der Waals surface area contributed by atoms with Gasteiger partial charge in [0.1, 0.15) is 0 Å². The number of ether oxygens (including phenoxy) is 2. The van der Waals surface area contributed by atoms with Gasteiger partial charge in [0, 0.05) is 13.2 Å². The van der Waals surface area contributed by atoms with Gasteiger partial charge in [-0.25, -0.2) is 0 Å². The average molecular weight is 447 g/mol. The number of fused-ring (bicyclic) bond motifs is 1. The summed E-state index contributed by atoms with van der Waals surface area (Å²) >= 11 is 0. The molecule has 1 aliphatic heterocycles. The second-order valence-corrected chi connectivity index (χ2v) is 9.07. The van der Waals surface area contributed by atoms with E-state index < -0.39 is 0 Å². The zero-order valence-corrected chi connectivity index (χ0v) is 20.1. The summed E-state index contributed by atoms with van der Waals surface area (Å²) < 4.78 is 12.0. The van der Waals surface area contributed by atoms with Crippen LogP contribution in [0.5, 0.6) is 11.5 Å². The number of benzene rings is 1. The second-order valence-electron chi connectivity index (χ2n) is 9.07. The topological polar surface area (TPSA) is 58.9 Å². The molecule has 0 spiro atoms. The Hall–Kier alpha value is -1.52. The molecule has 182 valence electrons. The van der Waals surface area contributed by atoms with Crippen molar-refractivity contribution in [2.45, 2.75) is 96.3 Å². The smallest absolute Gasteiger partial charge is 0.161 e. The number of para-hydroxylation sites is 2. The van der Waals surface area contributed by atoms with Crippen LogP contribution in [0.3, 0.4) is 0 Å². The summed E-state index contributed by atoms with van der Waals surface area (Å²) in [5.74, 6) is 2.17. The summed E-state index contributed by atoms with van der Waals surface area (Å²) in [5, 5.41) is 19.1. The molecule has 2 rings (SSSR count). The van der Waals surface area contributed by atoms with Gasteiger partial charge in [0.15, 0.2) is 11.5 Å². The minimum absolute atomic E-state index is 0.207. The van der Waals surface area contributed by atoms with E-state index in [0.29, 0.717) is 5.92 Å². The molecule has 0 amide bonds. The van der Waals surface area contributed by atoms with Crippen LogP contribution in [0.25, 0.3) is 0 Å². The molecule has 1 aromatic rings. The SMILES string of the molecule is OCC/C1=C\CCCCCCCOc2ccccc2OCCCCCCCCC1CCO. The van der Waals surface area contributed by atoms with Crippen molar-refractivity contribution in [3.63, 3.8) is 0 Å². The van der Waals surface area contributed by atoms with Crippen LogP contribution in [0.4, 0.5) is 0 Å². The van der Waals surface area contributed by atoms with Crippen molar-refractivity contribution in [2.75, 3.05) is 26.4 Å². The van der Waals surface area contributed by atoms with Gasteiger partial charge in [-0.3, -0.25) is 0 Å². The van der Waals surface area contributed by atoms with Crippen molar-refractivity contribution >= 4 is 0 Å². The van der Waals surface area contributed by atoms with Gasteiger partial charge in [0.05, 0.1) is 13.2 Å². The number of aliphatic hydroxyl groups excluding tert-OH is 2. The van der Waals surface area contributed by atoms with Crippen molar-refractivity contribution in [1.82, 2.24) is 0 Å². The number of hydrogen-bond acceptors (Lipinski definition) is 4. The van der Waals surface area contributed by atoms with Crippen molar-refractivity contribution < 1.29 is 19.7 Å². The molecule has 0 bridgehead atoms. The highest BCUT2D eigenvalue weighted by Gasteiger charge is 2.13. The largest absolute Gasteiger partial charge is 0.490 e. The highest BCUT2D eigenvalue weighted by molar-refractivity contribution is 5.39. The van der Waals surface area contributed by atoms with E-state index in [-0.39, 0.29) is 13.2 Å². The average Bonchev–Trinajstić information content (AvgIpc) is 2.80. The minimum atomic E-state index is 0.207. The van der Waals surface area contributed by atoms with Crippen LogP contribution in [-0.4, -0.2) is 36.6 Å². The third-order valence-corrected chi connectivity index (χ3v) is 6.47. The van der Waals surface area contributed by atoms with E-state index >= 15 is 0 Å². The van der Waals surface area contributed by atoms with Crippen LogP contribution >= 0.6 is 0 Å². The van der Waals surface area contributed by atoms with Crippen LogP contribution in [0, 0.1) is 5.92 Å². The first-order valence-corrected chi connectivity index (χ1v) is 13.1. The molecule has 1 aliphatic rings. The summed E-state index contributed by atoms with van der Waals surface area (Å²) in [6, 6.07) is 8.04. The molecule has 32 heavy (non-hydrogen) atoms. The van der Waals surface area contributed by atoms with E-state index in [1.54, 1.807) is 0 Å². The normalized spacial score (nSPS) is 22.7. The molecule has 1 unspecified atom stereocenters. The molecule has 2 N–H and O–H groups in total. The first kappa shape index (κ1) is 26.7. The zero-order chi connectivity index (χ0) is 22.7. The number of rotatable bonds is 4. The monoisotopic (exact) mass is 446 g/mol. The van der Waals surface area contributed by atoms with E-state index in [2.05, 4.69) is 6.08 Å². The van der Waals surface area contributed by atoms with Gasteiger partial charge in [-0.15, -0.1) is 0 Å². The van der Waals surface area contributed by atoms with E-state index in [4.69, 9.17) is 9.47 Å². The van der Waals surface area contributed by atoms with Gasteiger partial charge in [0.2, 0.25) is 0 Å². The number of hydrogen-bond donors (Lipinski definition) is 2. The zero-order valence-electron chi connectivity index (χ0n) is 20.1. The fraction of sp³-hybridized carbons (Fsp3) is 0.714. The Morgan fingerprint density at radius 2 is 1.25 bits per heavy atom. The maximum Gasteiger partial charge on any atom is 0.161 e. The molecule has 0 saturated carbocycles. The first-order valence-electron chi connectivity index (χ1n) is 13.1. The van der Waals surface area contributed by atoms with E-state index in [1.165, 1.54) is 63.4 Å². The Kier molecular flexibility index (Phi) is 15.0. The van der Waals surface area contributed by atoms with E-state index in [9.17, 15) is 10.2 Å². The quantitative estimate of drug-likeness (QED) is 0.497. The summed E-state index contributed by atoms with van der Waals surface area (Å²) in [5.41, 5.74) is 1.37. The van der Waals surface area contributed by atoms with Crippen LogP contribution in [-0.2, 0) is 0 Å². The molecule has 0 radical (unpaired) electrons. The lowest BCUT2D eigenvalue weighted by atomic mass is 9.87. The lowest BCUT2D eigenvalue weighted by molar-refractivity contribution is 0.251. The number of aliphatic hydroxyl groups is 2. The third-order valence-electron chi connectivity index (χ3n) is 6.47. The van der Waals surface area contributed by atoms with Gasteiger partial charge >= 0.3 is 0 Å². The molecule has 0 aliphatic carbocycles. The van der Waals surface area contributed by atoms with Crippen molar-refractivity contribution in [3.8, 4) is 11.5 Å². The summed E-state index contributed by atoms with van der Waals surface area (Å²) in [7, 11) is 0. The molecule has 4 nitrogen and oxygen atoms in total. The Morgan fingerprint density at radius 1 is 0.688 bits per heavy atom. The summed E-state index contributed by atoms with van der Waals surface area (Å²) in [6.45, 7) is 1.93. The first-order chi connectivity index (χ1) is 15.8. The Labute approximate surface area is 196 Å². The molecule has 1 heterocycles. The van der Waals surface area contributed by atoms with Crippen LogP contribution < -0.4 is 9.47 Å². The highest BCUT2D eigenvalue weighted by Crippen LogP contribution is 2.28. The maximum absolute atomic E-state index is 9.54. The standard InChI is InChI=1S/C28H46O4/c29-21-19-25-15-9-5-1-3-7-13-23-31-27-17-11-12-18-28(27)32-24-14-8-4-2-6-10-16-26(25)20-22-30/h11-12,15,17-18,26,29-30H,1-10,13-14,16,19-24H2/b25-15+. The summed E-state index contributed by atoms with van der Waals surface area (Å²) in [6.07, 6.45) is 19.3. The van der Waals surface area contributed by atoms with Crippen molar-refractivity contribution in [3.05, 3.63) is 35.9 Å². The molecule has 0 saturated heterocycles. The minimum Gasteiger partial charge on any atom is -0.490 e. The fourth-order valence-electron chi connectivity index (χ4n) is 4.59. The Balaban J connectivity index is 1.88. The van der Waals surface area contributed by atoms with Crippen LogP contribution in [0.15, 0.2) is 35.9 Å². The molecule has 0 fully saturated rings. The highest BCUT2D eigenvalue weighted by atomic mass is 16.5. The Morgan fingerprint density at radius 3 is 1.84 bits per heavy atom. The molecular formula is C28H46O4. The van der Waals surface area contributed by atoms with Crippen LogP contribution in [0.1, 0.15) is 96.3 Å². The summed E-state index contributed by atoms with van der Waals surface area (Å²) in [4.78, 5) is 0. The van der Waals surface area contributed by atoms with Gasteiger partial charge in [-0.2, -0.15) is 0 Å². The van der Waals surface area contributed by atoms with Gasteiger partial charge in [-0.1, -0.05) is 75.1 Å². The van der Waals surface area contributed by atoms with Crippen molar-refractivity contribution in [2.24, 2.45) is 5.92 Å². The molecule has 4 heteroatoms. The molecular weight excluding hydrogens is 400 g/mol. The van der Waals surface area contributed by atoms with Gasteiger partial charge in [0.25, 0.3) is 0 Å². The van der Waals surface area contributed by atoms with Crippen molar-refractivity contribution in [1.29, 1.82) is 0 Å². The Bertz CT molecular complexity index is 613. The van der Waals surface area contributed by atoms with E-state index in [1.807, 2.05) is 24.3 Å². The molecule has 1 atom stereocenters. The lowest BCUT2D eigenvalue weighted by Gasteiger charge is -2.20. The second kappa shape index (κ2) is 18.0. The van der Waals surface area contributed by atoms with Gasteiger partial charge < -0.3 is 19.7 Å². The molecule has 0 aromatic heterocycles. The predicted molar refractivity (Wildman–Crippen MR) is 132 cm³/mol. The van der Waals surface area contributed by atoms with E-state index in [0.717, 1.165) is 63.2 Å². The molecule has 1 aromatic carbocycles. The third kappa shape index (κ3) is 11.4. The number of allylic oxidation sites excluding steroid dienone is 1. The van der Waals surface area contributed by atoms with Gasteiger partial charge in [-0.05, 0) is 63.0 Å². The lowest BCUT2D eigenvalue weighted by Crippen LogP contribution is -2.09. The van der Waals surface area contributed by atoms with Crippen LogP contribution in [0.2, 0.25) is 0 Å². The maximum atomic E-state index is 9.54.